The van der Waals surface area contributed by atoms with Crippen LogP contribution in [-0.4, -0.2) is 23.1 Å². The van der Waals surface area contributed by atoms with Gasteiger partial charge in [-0.3, -0.25) is 0 Å². The molecule has 2 heterocycles. The van der Waals surface area contributed by atoms with Crippen molar-refractivity contribution in [3.05, 3.63) is 47.4 Å². The van der Waals surface area contributed by atoms with Crippen LogP contribution in [0.2, 0.25) is 0 Å². The van der Waals surface area contributed by atoms with Crippen LogP contribution in [0.3, 0.4) is 0 Å². The molecule has 1 N–H and O–H groups in total. The van der Waals surface area contributed by atoms with Crippen LogP contribution in [0.15, 0.2) is 24.3 Å². The maximum atomic E-state index is 13.4. The highest BCUT2D eigenvalue weighted by Crippen LogP contribution is 2.26. The molecule has 1 aliphatic heterocycles. The standard InChI is InChI=1S/C16H17F2N3/c1-10-20-15(11-4-5-13(17)14(18)7-11)8-16(21-10)12-3-2-6-19-9-12/h4-5,7-8,12,19H,2-3,6,9H2,1H3/t12-/m1/s1. The molecule has 0 spiro atoms. The zero-order chi connectivity index (χ0) is 14.8. The molecule has 110 valence electrons. The summed E-state index contributed by atoms with van der Waals surface area (Å²) >= 11 is 0. The number of aromatic nitrogens is 2. The predicted molar refractivity (Wildman–Crippen MR) is 77.0 cm³/mol. The van der Waals surface area contributed by atoms with Gasteiger partial charge in [-0.25, -0.2) is 18.7 Å². The molecule has 0 bridgehead atoms. The predicted octanol–water partition coefficient (Wildman–Crippen LogP) is 3.20. The van der Waals surface area contributed by atoms with E-state index in [9.17, 15) is 8.78 Å². The average molecular weight is 289 g/mol. The lowest BCUT2D eigenvalue weighted by Gasteiger charge is -2.22. The zero-order valence-electron chi connectivity index (χ0n) is 11.9. The molecule has 1 aliphatic rings. The molecular formula is C16H17F2N3. The summed E-state index contributed by atoms with van der Waals surface area (Å²) in [7, 11) is 0. The van der Waals surface area contributed by atoms with Crippen LogP contribution < -0.4 is 5.32 Å². The number of hydrogen-bond donors (Lipinski definition) is 1. The fourth-order valence-corrected chi connectivity index (χ4v) is 2.71. The van der Waals surface area contributed by atoms with Gasteiger partial charge < -0.3 is 5.32 Å². The van der Waals surface area contributed by atoms with Crippen molar-refractivity contribution in [2.45, 2.75) is 25.7 Å². The molecule has 1 saturated heterocycles. The molecule has 5 heteroatoms. The number of piperidine rings is 1. The van der Waals surface area contributed by atoms with Crippen LogP contribution in [0.4, 0.5) is 8.78 Å². The summed E-state index contributed by atoms with van der Waals surface area (Å²) in [6.07, 6.45) is 2.20. The quantitative estimate of drug-likeness (QED) is 0.922. The second kappa shape index (κ2) is 5.85. The molecule has 3 rings (SSSR count). The summed E-state index contributed by atoms with van der Waals surface area (Å²) in [5.41, 5.74) is 2.18. The fourth-order valence-electron chi connectivity index (χ4n) is 2.71. The van der Waals surface area contributed by atoms with Gasteiger partial charge in [0.1, 0.15) is 5.82 Å². The van der Waals surface area contributed by atoms with Gasteiger partial charge in [0, 0.05) is 23.7 Å². The minimum absolute atomic E-state index is 0.351. The summed E-state index contributed by atoms with van der Waals surface area (Å²) in [6, 6.07) is 5.74. The number of hydrogen-bond acceptors (Lipinski definition) is 3. The Kier molecular flexibility index (Phi) is 3.92. The molecule has 2 aromatic rings. The van der Waals surface area contributed by atoms with E-state index < -0.39 is 11.6 Å². The molecule has 1 aromatic heterocycles. The number of benzene rings is 1. The SMILES string of the molecule is Cc1nc(-c2ccc(F)c(F)c2)cc([C@@H]2CCCNC2)n1. The van der Waals surface area contributed by atoms with Crippen LogP contribution in [0.25, 0.3) is 11.3 Å². The topological polar surface area (TPSA) is 37.8 Å². The first-order chi connectivity index (χ1) is 10.1. The third kappa shape index (κ3) is 3.08. The third-order valence-electron chi connectivity index (χ3n) is 3.79. The normalized spacial score (nSPS) is 18.7. The maximum Gasteiger partial charge on any atom is 0.159 e. The lowest BCUT2D eigenvalue weighted by Crippen LogP contribution is -2.29. The highest BCUT2D eigenvalue weighted by Gasteiger charge is 2.18. The minimum atomic E-state index is -0.857. The first kappa shape index (κ1) is 14.1. The molecule has 0 aliphatic carbocycles. The van der Waals surface area contributed by atoms with Crippen LogP contribution >= 0.6 is 0 Å². The van der Waals surface area contributed by atoms with Crippen molar-refractivity contribution in [3.8, 4) is 11.3 Å². The van der Waals surface area contributed by atoms with Crippen molar-refractivity contribution < 1.29 is 8.78 Å². The van der Waals surface area contributed by atoms with Crippen LogP contribution in [0.5, 0.6) is 0 Å². The Bertz CT molecular complexity index is 652. The molecule has 1 aromatic carbocycles. The number of rotatable bonds is 2. The summed E-state index contributed by atoms with van der Waals surface area (Å²) < 4.78 is 26.4. The van der Waals surface area contributed by atoms with Gasteiger partial charge in [-0.05, 0) is 50.6 Å². The second-order valence-corrected chi connectivity index (χ2v) is 5.40. The van der Waals surface area contributed by atoms with Gasteiger partial charge in [-0.15, -0.1) is 0 Å². The Morgan fingerprint density at radius 3 is 2.71 bits per heavy atom. The Labute approximate surface area is 122 Å². The summed E-state index contributed by atoms with van der Waals surface area (Å²) in [5.74, 6) is -0.701. The number of nitrogens with zero attached hydrogens (tertiary/aromatic N) is 2. The summed E-state index contributed by atoms with van der Waals surface area (Å²) in [6.45, 7) is 3.76. The Hall–Kier alpha value is -1.88. The fraction of sp³-hybridized carbons (Fsp3) is 0.375. The smallest absolute Gasteiger partial charge is 0.159 e. The Morgan fingerprint density at radius 2 is 2.00 bits per heavy atom. The molecule has 0 amide bonds. The van der Waals surface area contributed by atoms with E-state index in [1.165, 1.54) is 6.07 Å². The molecule has 1 atom stereocenters. The van der Waals surface area contributed by atoms with Crippen molar-refractivity contribution in [2.24, 2.45) is 0 Å². The second-order valence-electron chi connectivity index (χ2n) is 5.40. The maximum absolute atomic E-state index is 13.4. The van der Waals surface area contributed by atoms with Crippen molar-refractivity contribution >= 4 is 0 Å². The van der Waals surface area contributed by atoms with Gasteiger partial charge in [-0.1, -0.05) is 0 Å². The first-order valence-corrected chi connectivity index (χ1v) is 7.15. The molecular weight excluding hydrogens is 272 g/mol. The average Bonchev–Trinajstić information content (AvgIpc) is 2.50. The number of halogens is 2. The summed E-state index contributed by atoms with van der Waals surface area (Å²) in [4.78, 5) is 8.85. The minimum Gasteiger partial charge on any atom is -0.316 e. The largest absolute Gasteiger partial charge is 0.316 e. The molecule has 0 radical (unpaired) electrons. The van der Waals surface area contributed by atoms with Crippen molar-refractivity contribution in [1.82, 2.24) is 15.3 Å². The molecule has 3 nitrogen and oxygen atoms in total. The Balaban J connectivity index is 1.98. The van der Waals surface area contributed by atoms with Gasteiger partial charge in [-0.2, -0.15) is 0 Å². The molecule has 1 fully saturated rings. The molecule has 0 unspecified atom stereocenters. The lowest BCUT2D eigenvalue weighted by molar-refractivity contribution is 0.453. The van der Waals surface area contributed by atoms with E-state index in [1.54, 1.807) is 6.07 Å². The highest BCUT2D eigenvalue weighted by atomic mass is 19.2. The van der Waals surface area contributed by atoms with E-state index in [2.05, 4.69) is 15.3 Å². The van der Waals surface area contributed by atoms with Crippen molar-refractivity contribution in [3.63, 3.8) is 0 Å². The highest BCUT2D eigenvalue weighted by molar-refractivity contribution is 5.59. The van der Waals surface area contributed by atoms with E-state index in [0.29, 0.717) is 23.0 Å². The van der Waals surface area contributed by atoms with Gasteiger partial charge in [0.2, 0.25) is 0 Å². The van der Waals surface area contributed by atoms with Gasteiger partial charge in [0.05, 0.1) is 5.69 Å². The lowest BCUT2D eigenvalue weighted by atomic mass is 9.95. The molecule has 21 heavy (non-hydrogen) atoms. The van der Waals surface area contributed by atoms with E-state index in [0.717, 1.165) is 37.7 Å². The number of aryl methyl sites for hydroxylation is 1. The van der Waals surface area contributed by atoms with E-state index in [-0.39, 0.29) is 0 Å². The van der Waals surface area contributed by atoms with Gasteiger partial charge in [0.15, 0.2) is 11.6 Å². The monoisotopic (exact) mass is 289 g/mol. The van der Waals surface area contributed by atoms with Crippen molar-refractivity contribution in [2.75, 3.05) is 13.1 Å². The number of nitrogens with one attached hydrogen (secondary N) is 1. The van der Waals surface area contributed by atoms with Crippen molar-refractivity contribution in [1.29, 1.82) is 0 Å². The van der Waals surface area contributed by atoms with Crippen LogP contribution in [-0.2, 0) is 0 Å². The van der Waals surface area contributed by atoms with E-state index in [1.807, 2.05) is 13.0 Å². The van der Waals surface area contributed by atoms with Gasteiger partial charge >= 0.3 is 0 Å². The first-order valence-electron chi connectivity index (χ1n) is 7.15. The summed E-state index contributed by atoms with van der Waals surface area (Å²) in [5, 5.41) is 3.36. The van der Waals surface area contributed by atoms with E-state index in [4.69, 9.17) is 0 Å². The van der Waals surface area contributed by atoms with Crippen LogP contribution in [0.1, 0.15) is 30.3 Å². The Morgan fingerprint density at radius 1 is 1.14 bits per heavy atom. The zero-order valence-corrected chi connectivity index (χ0v) is 11.9. The van der Waals surface area contributed by atoms with Gasteiger partial charge in [0.25, 0.3) is 0 Å². The molecule has 0 saturated carbocycles. The van der Waals surface area contributed by atoms with Crippen LogP contribution in [0, 0.1) is 18.6 Å². The third-order valence-corrected chi connectivity index (χ3v) is 3.79. The van der Waals surface area contributed by atoms with E-state index >= 15 is 0 Å².